The lowest BCUT2D eigenvalue weighted by atomic mass is 9.88. The van der Waals surface area contributed by atoms with Gasteiger partial charge in [-0.05, 0) is 28.5 Å². The molecule has 0 radical (unpaired) electrons. The van der Waals surface area contributed by atoms with Gasteiger partial charge in [-0.15, -0.1) is 0 Å². The van der Waals surface area contributed by atoms with Crippen molar-refractivity contribution in [3.63, 3.8) is 0 Å². The molecule has 0 aromatic heterocycles. The topological polar surface area (TPSA) is 26.3 Å². The number of rotatable bonds is 3. The summed E-state index contributed by atoms with van der Waals surface area (Å²) in [6.07, 6.45) is -5.45. The molecule has 0 aliphatic heterocycles. The van der Waals surface area contributed by atoms with Crippen LogP contribution in [0, 0.1) is 0 Å². The van der Waals surface area contributed by atoms with Gasteiger partial charge in [0.2, 0.25) is 0 Å². The van der Waals surface area contributed by atoms with E-state index in [-0.39, 0.29) is 12.0 Å². The van der Waals surface area contributed by atoms with Crippen molar-refractivity contribution in [2.24, 2.45) is 0 Å². The van der Waals surface area contributed by atoms with E-state index in [2.05, 4.69) is 4.74 Å². The quantitative estimate of drug-likeness (QED) is 0.365. The van der Waals surface area contributed by atoms with Gasteiger partial charge in [0, 0.05) is 5.56 Å². The summed E-state index contributed by atoms with van der Waals surface area (Å²) in [6.45, 7) is 0.972. The lowest BCUT2D eigenvalue weighted by molar-refractivity contribution is -0.242. The number of alkyl halides is 4. The normalized spacial score (nSPS) is 14.4. The molecule has 0 spiro atoms. The highest BCUT2D eigenvalue weighted by atomic mass is 19.4. The molecule has 0 bridgehead atoms. The molecule has 1 atom stereocenters. The molecule has 130 valence electrons. The second-order valence-corrected chi connectivity index (χ2v) is 5.56. The molecule has 6 heteroatoms. The summed E-state index contributed by atoms with van der Waals surface area (Å²) in [4.78, 5) is 11.9. The van der Waals surface area contributed by atoms with Crippen LogP contribution in [0.5, 0.6) is 0 Å². The van der Waals surface area contributed by atoms with Crippen LogP contribution in [0.2, 0.25) is 0 Å². The number of ether oxygens (including phenoxy) is 1. The number of hydrogen-bond donors (Lipinski definition) is 0. The minimum absolute atomic E-state index is 0.0223. The average Bonchev–Trinajstić information content (AvgIpc) is 2.59. The van der Waals surface area contributed by atoms with Gasteiger partial charge in [-0.2, -0.15) is 13.2 Å². The second-order valence-electron chi connectivity index (χ2n) is 5.56. The molecule has 0 aliphatic rings. The standard InChI is InChI=1S/C19H14F4O2/c1-2-25-17(24)18(20,19(21,22)23)16-9-5-8-14-13-7-4-3-6-12(13)10-11-15(14)16/h3-11H,2H2,1H3. The summed E-state index contributed by atoms with van der Waals surface area (Å²) in [5, 5.41) is 1.94. The molecule has 0 fully saturated rings. The van der Waals surface area contributed by atoms with Crippen LogP contribution in [0.15, 0.2) is 54.6 Å². The number of carbonyl (C=O) groups is 1. The van der Waals surface area contributed by atoms with E-state index in [1.165, 1.54) is 19.1 Å². The number of carbonyl (C=O) groups excluding carboxylic acids is 1. The first kappa shape index (κ1) is 17.2. The fourth-order valence-corrected chi connectivity index (χ4v) is 2.95. The number of fused-ring (bicyclic) bond motifs is 3. The lowest BCUT2D eigenvalue weighted by Gasteiger charge is -2.27. The molecule has 0 N–H and O–H groups in total. The van der Waals surface area contributed by atoms with Gasteiger partial charge < -0.3 is 4.74 Å². The predicted molar refractivity (Wildman–Crippen MR) is 86.9 cm³/mol. The first-order valence-electron chi connectivity index (χ1n) is 7.64. The molecule has 3 aromatic rings. The first-order valence-corrected chi connectivity index (χ1v) is 7.64. The van der Waals surface area contributed by atoms with Crippen molar-refractivity contribution in [3.8, 4) is 0 Å². The number of halogens is 4. The molecular formula is C19H14F4O2. The van der Waals surface area contributed by atoms with E-state index in [1.54, 1.807) is 36.4 Å². The van der Waals surface area contributed by atoms with E-state index < -0.39 is 23.4 Å². The van der Waals surface area contributed by atoms with Gasteiger partial charge in [-0.3, -0.25) is 0 Å². The zero-order chi connectivity index (χ0) is 18.2. The average molecular weight is 350 g/mol. The third kappa shape index (κ3) is 2.62. The predicted octanol–water partition coefficient (Wildman–Crippen LogP) is 5.28. The summed E-state index contributed by atoms with van der Waals surface area (Å²) in [5.41, 5.74) is -4.99. The Morgan fingerprint density at radius 2 is 1.56 bits per heavy atom. The Hall–Kier alpha value is -2.63. The van der Waals surface area contributed by atoms with Crippen molar-refractivity contribution in [2.75, 3.05) is 6.61 Å². The lowest BCUT2D eigenvalue weighted by Crippen LogP contribution is -2.46. The third-order valence-corrected chi connectivity index (χ3v) is 4.11. The molecule has 0 saturated carbocycles. The van der Waals surface area contributed by atoms with Crippen LogP contribution >= 0.6 is 0 Å². The second kappa shape index (κ2) is 6.02. The molecule has 2 nitrogen and oxygen atoms in total. The Bertz CT molecular complexity index is 949. The Morgan fingerprint density at radius 3 is 2.24 bits per heavy atom. The molecule has 3 rings (SSSR count). The fraction of sp³-hybridized carbons (Fsp3) is 0.211. The van der Waals surface area contributed by atoms with Crippen molar-refractivity contribution in [1.82, 2.24) is 0 Å². The van der Waals surface area contributed by atoms with E-state index in [0.29, 0.717) is 10.8 Å². The van der Waals surface area contributed by atoms with Gasteiger partial charge >= 0.3 is 17.8 Å². The minimum Gasteiger partial charge on any atom is -0.463 e. The smallest absolute Gasteiger partial charge is 0.437 e. The Balaban J connectivity index is 2.36. The maximum Gasteiger partial charge on any atom is 0.437 e. The van der Waals surface area contributed by atoms with Gasteiger partial charge in [0.15, 0.2) is 0 Å². The molecular weight excluding hydrogens is 336 g/mol. The van der Waals surface area contributed by atoms with Gasteiger partial charge in [0.1, 0.15) is 0 Å². The molecule has 0 heterocycles. The summed E-state index contributed by atoms with van der Waals surface area (Å²) >= 11 is 0. The number of benzene rings is 3. The van der Waals surface area contributed by atoms with E-state index in [1.807, 2.05) is 0 Å². The van der Waals surface area contributed by atoms with E-state index >= 15 is 4.39 Å². The summed E-state index contributed by atoms with van der Waals surface area (Å²) in [6, 6.07) is 14.0. The number of esters is 1. The maximum atomic E-state index is 15.1. The maximum absolute atomic E-state index is 15.1. The largest absolute Gasteiger partial charge is 0.463 e. The van der Waals surface area contributed by atoms with Crippen molar-refractivity contribution in [3.05, 3.63) is 60.2 Å². The summed E-state index contributed by atoms with van der Waals surface area (Å²) in [5.74, 6) is -1.96. The van der Waals surface area contributed by atoms with Gasteiger partial charge in [0.25, 0.3) is 0 Å². The molecule has 25 heavy (non-hydrogen) atoms. The van der Waals surface area contributed by atoms with Gasteiger partial charge in [-0.25, -0.2) is 9.18 Å². The van der Waals surface area contributed by atoms with Crippen LogP contribution in [-0.4, -0.2) is 18.8 Å². The van der Waals surface area contributed by atoms with Crippen LogP contribution < -0.4 is 0 Å². The van der Waals surface area contributed by atoms with Crippen LogP contribution in [0.3, 0.4) is 0 Å². The Kier molecular flexibility index (Phi) is 4.14. The van der Waals surface area contributed by atoms with Gasteiger partial charge in [0.05, 0.1) is 6.61 Å². The van der Waals surface area contributed by atoms with E-state index in [0.717, 1.165) is 11.5 Å². The van der Waals surface area contributed by atoms with Crippen molar-refractivity contribution >= 4 is 27.5 Å². The third-order valence-electron chi connectivity index (χ3n) is 4.11. The zero-order valence-corrected chi connectivity index (χ0v) is 13.2. The number of hydrogen-bond acceptors (Lipinski definition) is 2. The van der Waals surface area contributed by atoms with Crippen LogP contribution in [0.1, 0.15) is 12.5 Å². The first-order chi connectivity index (χ1) is 11.8. The zero-order valence-electron chi connectivity index (χ0n) is 13.2. The van der Waals surface area contributed by atoms with Crippen LogP contribution in [-0.2, 0) is 15.2 Å². The highest BCUT2D eigenvalue weighted by molar-refractivity contribution is 6.09. The highest BCUT2D eigenvalue weighted by Crippen LogP contribution is 2.46. The molecule has 3 aromatic carbocycles. The van der Waals surface area contributed by atoms with Crippen molar-refractivity contribution < 1.29 is 27.1 Å². The minimum atomic E-state index is -5.45. The summed E-state index contributed by atoms with van der Waals surface area (Å²) < 4.78 is 60.1. The molecule has 1 unspecified atom stereocenters. The molecule has 0 saturated heterocycles. The Morgan fingerprint density at radius 1 is 0.880 bits per heavy atom. The molecule has 0 amide bonds. The SMILES string of the molecule is CCOC(=O)C(F)(c1cccc2c1ccc1ccccc12)C(F)(F)F. The Labute approximate surface area is 141 Å². The van der Waals surface area contributed by atoms with Crippen molar-refractivity contribution in [2.45, 2.75) is 18.8 Å². The van der Waals surface area contributed by atoms with Gasteiger partial charge in [-0.1, -0.05) is 54.6 Å². The molecule has 0 aliphatic carbocycles. The monoisotopic (exact) mass is 350 g/mol. The van der Waals surface area contributed by atoms with E-state index in [4.69, 9.17) is 0 Å². The van der Waals surface area contributed by atoms with E-state index in [9.17, 15) is 18.0 Å². The van der Waals surface area contributed by atoms with Crippen molar-refractivity contribution in [1.29, 1.82) is 0 Å². The highest BCUT2D eigenvalue weighted by Gasteiger charge is 2.64. The fourth-order valence-electron chi connectivity index (χ4n) is 2.95. The summed E-state index contributed by atoms with van der Waals surface area (Å²) in [7, 11) is 0. The van der Waals surface area contributed by atoms with Crippen LogP contribution in [0.25, 0.3) is 21.5 Å². The van der Waals surface area contributed by atoms with Crippen LogP contribution in [0.4, 0.5) is 17.6 Å².